The molecule has 0 saturated carbocycles. The summed E-state index contributed by atoms with van der Waals surface area (Å²) in [5.41, 5.74) is 5.55. The Hall–Kier alpha value is -3.08. The van der Waals surface area contributed by atoms with Gasteiger partial charge in [-0.3, -0.25) is 14.5 Å². The molecule has 0 aromatic heterocycles. The third kappa shape index (κ3) is 3.65. The molecule has 2 amide bonds. The van der Waals surface area contributed by atoms with E-state index in [1.54, 1.807) is 0 Å². The lowest BCUT2D eigenvalue weighted by Crippen LogP contribution is -2.33. The zero-order valence-corrected chi connectivity index (χ0v) is 17.2. The van der Waals surface area contributed by atoms with E-state index in [4.69, 9.17) is 0 Å². The molecule has 5 heteroatoms. The minimum atomic E-state index is -0.265. The second-order valence-corrected chi connectivity index (χ2v) is 7.40. The van der Waals surface area contributed by atoms with E-state index in [-0.39, 0.29) is 11.8 Å². The Labute approximate surface area is 166 Å². The van der Waals surface area contributed by atoms with Gasteiger partial charge in [-0.1, -0.05) is 30.7 Å². The lowest BCUT2D eigenvalue weighted by molar-refractivity contribution is -0.136. The van der Waals surface area contributed by atoms with Crippen LogP contribution in [0.2, 0.25) is 0 Å². The van der Waals surface area contributed by atoms with Crippen LogP contribution in [-0.2, 0) is 9.59 Å². The Morgan fingerprint density at radius 3 is 2.21 bits per heavy atom. The van der Waals surface area contributed by atoms with Gasteiger partial charge in [0.05, 0.1) is 5.57 Å². The number of rotatable bonds is 6. The van der Waals surface area contributed by atoms with Crippen LogP contribution in [0.1, 0.15) is 30.0 Å². The minimum Gasteiger partial charge on any atom is -0.378 e. The molecule has 0 bridgehead atoms. The first-order valence-corrected chi connectivity index (χ1v) is 9.56. The number of imide groups is 1. The predicted molar refractivity (Wildman–Crippen MR) is 114 cm³/mol. The average molecular weight is 377 g/mol. The highest BCUT2D eigenvalue weighted by Gasteiger charge is 2.39. The Morgan fingerprint density at radius 2 is 1.64 bits per heavy atom. The maximum atomic E-state index is 13.1. The molecular formula is C23H27N3O2. The quantitative estimate of drug-likeness (QED) is 0.774. The van der Waals surface area contributed by atoms with Gasteiger partial charge in [0.25, 0.3) is 11.8 Å². The smallest absolute Gasteiger partial charge is 0.278 e. The Balaban J connectivity index is 2.06. The van der Waals surface area contributed by atoms with Crippen molar-refractivity contribution in [1.82, 2.24) is 4.90 Å². The molecule has 0 radical (unpaired) electrons. The molecule has 0 aliphatic carbocycles. The highest BCUT2D eigenvalue weighted by atomic mass is 16.2. The summed E-state index contributed by atoms with van der Waals surface area (Å²) in [6, 6.07) is 13.7. The molecule has 146 valence electrons. The topological polar surface area (TPSA) is 52.7 Å². The van der Waals surface area contributed by atoms with Crippen LogP contribution in [0, 0.1) is 13.8 Å². The second kappa shape index (κ2) is 7.89. The highest BCUT2D eigenvalue weighted by molar-refractivity contribution is 6.36. The number of hydrogen-bond acceptors (Lipinski definition) is 4. The van der Waals surface area contributed by atoms with Gasteiger partial charge in [-0.15, -0.1) is 0 Å². The zero-order valence-electron chi connectivity index (χ0n) is 17.2. The molecule has 1 N–H and O–H groups in total. The SMILES string of the molecule is CCCN1C(=O)C(Nc2ccc(N(C)C)cc2)=C(c2ccc(C)cc2C)C1=O. The third-order valence-corrected chi connectivity index (χ3v) is 4.92. The molecular weight excluding hydrogens is 350 g/mol. The summed E-state index contributed by atoms with van der Waals surface area (Å²) in [5, 5.41) is 3.22. The maximum absolute atomic E-state index is 13.1. The Bertz CT molecular complexity index is 943. The van der Waals surface area contributed by atoms with E-state index in [0.29, 0.717) is 17.8 Å². The van der Waals surface area contributed by atoms with Gasteiger partial charge in [-0.2, -0.15) is 0 Å². The van der Waals surface area contributed by atoms with Crippen LogP contribution in [-0.4, -0.2) is 37.4 Å². The lowest BCUT2D eigenvalue weighted by atomic mass is 9.97. The van der Waals surface area contributed by atoms with Crippen molar-refractivity contribution in [3.63, 3.8) is 0 Å². The number of carbonyl (C=O) groups is 2. The third-order valence-electron chi connectivity index (χ3n) is 4.92. The molecule has 0 fully saturated rings. The zero-order chi connectivity index (χ0) is 20.4. The molecule has 0 unspecified atom stereocenters. The van der Waals surface area contributed by atoms with Crippen molar-refractivity contribution >= 4 is 28.8 Å². The van der Waals surface area contributed by atoms with Crippen LogP contribution in [0.15, 0.2) is 48.2 Å². The molecule has 5 nitrogen and oxygen atoms in total. The minimum absolute atomic E-state index is 0.230. The van der Waals surface area contributed by atoms with Crippen molar-refractivity contribution in [2.75, 3.05) is 30.9 Å². The van der Waals surface area contributed by atoms with E-state index in [9.17, 15) is 9.59 Å². The van der Waals surface area contributed by atoms with Crippen molar-refractivity contribution in [3.8, 4) is 0 Å². The first-order chi connectivity index (χ1) is 13.3. The summed E-state index contributed by atoms with van der Waals surface area (Å²) < 4.78 is 0. The highest BCUT2D eigenvalue weighted by Crippen LogP contribution is 2.32. The van der Waals surface area contributed by atoms with E-state index in [1.165, 1.54) is 4.90 Å². The van der Waals surface area contributed by atoms with E-state index in [2.05, 4.69) is 5.32 Å². The first kappa shape index (κ1) is 19.7. The molecule has 0 atom stereocenters. The number of benzene rings is 2. The molecule has 1 aliphatic rings. The van der Waals surface area contributed by atoms with Gasteiger partial charge in [0, 0.05) is 32.0 Å². The molecule has 1 heterocycles. The number of aryl methyl sites for hydroxylation is 2. The predicted octanol–water partition coefficient (Wildman–Crippen LogP) is 3.97. The van der Waals surface area contributed by atoms with Gasteiger partial charge < -0.3 is 10.2 Å². The summed E-state index contributed by atoms with van der Waals surface area (Å²) in [6.45, 7) is 6.36. The molecule has 28 heavy (non-hydrogen) atoms. The summed E-state index contributed by atoms with van der Waals surface area (Å²) in [4.78, 5) is 29.5. The van der Waals surface area contributed by atoms with Crippen molar-refractivity contribution in [1.29, 1.82) is 0 Å². The molecule has 1 aliphatic heterocycles. The van der Waals surface area contributed by atoms with E-state index < -0.39 is 0 Å². The van der Waals surface area contributed by atoms with Crippen LogP contribution in [0.5, 0.6) is 0 Å². The Kier molecular flexibility index (Phi) is 5.54. The van der Waals surface area contributed by atoms with Crippen LogP contribution < -0.4 is 10.2 Å². The summed E-state index contributed by atoms with van der Waals surface area (Å²) in [7, 11) is 3.95. The van der Waals surface area contributed by atoms with Gasteiger partial charge >= 0.3 is 0 Å². The fraction of sp³-hybridized carbons (Fsp3) is 0.304. The molecule has 0 saturated heterocycles. The van der Waals surface area contributed by atoms with Crippen molar-refractivity contribution in [2.24, 2.45) is 0 Å². The normalized spacial score (nSPS) is 14.1. The standard InChI is InChI=1S/C23H27N3O2/c1-6-13-26-22(27)20(19-12-7-15(2)14-16(19)3)21(23(26)28)24-17-8-10-18(11-9-17)25(4)5/h7-12,14,24H,6,13H2,1-5H3. The Morgan fingerprint density at radius 1 is 0.964 bits per heavy atom. The molecule has 2 aromatic rings. The number of hydrogen-bond donors (Lipinski definition) is 1. The van der Waals surface area contributed by atoms with Crippen molar-refractivity contribution in [3.05, 3.63) is 64.9 Å². The van der Waals surface area contributed by atoms with Crippen molar-refractivity contribution in [2.45, 2.75) is 27.2 Å². The molecule has 2 aromatic carbocycles. The van der Waals surface area contributed by atoms with Crippen molar-refractivity contribution < 1.29 is 9.59 Å². The summed E-state index contributed by atoms with van der Waals surface area (Å²) in [5.74, 6) is -0.496. The number of nitrogens with one attached hydrogen (secondary N) is 1. The fourth-order valence-electron chi connectivity index (χ4n) is 3.45. The van der Waals surface area contributed by atoms with Gasteiger partial charge in [-0.05, 0) is 55.7 Å². The summed E-state index contributed by atoms with van der Waals surface area (Å²) >= 11 is 0. The van der Waals surface area contributed by atoms with Crippen LogP contribution in [0.4, 0.5) is 11.4 Å². The van der Waals surface area contributed by atoms with Gasteiger partial charge in [0.15, 0.2) is 0 Å². The first-order valence-electron chi connectivity index (χ1n) is 9.56. The lowest BCUT2D eigenvalue weighted by Gasteiger charge is -2.15. The number of carbonyl (C=O) groups excluding carboxylic acids is 2. The average Bonchev–Trinajstić information content (AvgIpc) is 2.87. The van der Waals surface area contributed by atoms with E-state index in [1.807, 2.05) is 82.2 Å². The summed E-state index contributed by atoms with van der Waals surface area (Å²) in [6.07, 6.45) is 0.725. The number of nitrogens with zero attached hydrogens (tertiary/aromatic N) is 2. The molecule has 0 spiro atoms. The van der Waals surface area contributed by atoms with Gasteiger partial charge in [0.1, 0.15) is 5.70 Å². The molecule has 3 rings (SSSR count). The second-order valence-electron chi connectivity index (χ2n) is 7.40. The van der Waals surface area contributed by atoms with E-state index in [0.717, 1.165) is 34.5 Å². The van der Waals surface area contributed by atoms with Crippen LogP contribution in [0.3, 0.4) is 0 Å². The van der Waals surface area contributed by atoms with Gasteiger partial charge in [-0.25, -0.2) is 0 Å². The fourth-order valence-corrected chi connectivity index (χ4v) is 3.45. The monoisotopic (exact) mass is 377 g/mol. The number of anilines is 2. The van der Waals surface area contributed by atoms with Crippen LogP contribution >= 0.6 is 0 Å². The van der Waals surface area contributed by atoms with E-state index >= 15 is 0 Å². The van der Waals surface area contributed by atoms with Crippen LogP contribution in [0.25, 0.3) is 5.57 Å². The maximum Gasteiger partial charge on any atom is 0.278 e. The van der Waals surface area contributed by atoms with Gasteiger partial charge in [0.2, 0.25) is 0 Å². The largest absolute Gasteiger partial charge is 0.378 e. The number of amides is 2.